The summed E-state index contributed by atoms with van der Waals surface area (Å²) in [6.07, 6.45) is -3.05. The number of benzene rings is 3. The van der Waals surface area contributed by atoms with Gasteiger partial charge in [-0.2, -0.15) is 18.4 Å². The minimum Gasteiger partial charge on any atom is -0.496 e. The van der Waals surface area contributed by atoms with Crippen molar-refractivity contribution in [1.82, 2.24) is 5.32 Å². The fourth-order valence-corrected chi connectivity index (χ4v) is 3.34. The summed E-state index contributed by atoms with van der Waals surface area (Å²) in [5.41, 5.74) is 1.06. The number of methoxy groups -OCH3 is 1. The third-order valence-electron chi connectivity index (χ3n) is 5.18. The molecule has 0 unspecified atom stereocenters. The maximum atomic E-state index is 13.0. The largest absolute Gasteiger partial charge is 0.496 e. The van der Waals surface area contributed by atoms with Gasteiger partial charge in [-0.3, -0.25) is 4.79 Å². The first kappa shape index (κ1) is 25.4. The van der Waals surface area contributed by atoms with E-state index >= 15 is 0 Å². The van der Waals surface area contributed by atoms with Crippen LogP contribution in [0, 0.1) is 11.3 Å². The SMILES string of the molecule is COc1ccc(/C=C(\C#N)C(=O)N[C@H](C)c2ccccc2)cc1COc1cccc(C(F)(F)F)c1. The zero-order valence-electron chi connectivity index (χ0n) is 19.1. The van der Waals surface area contributed by atoms with Gasteiger partial charge in [-0.15, -0.1) is 0 Å². The summed E-state index contributed by atoms with van der Waals surface area (Å²) < 4.78 is 49.8. The van der Waals surface area contributed by atoms with Crippen LogP contribution in [-0.4, -0.2) is 13.0 Å². The van der Waals surface area contributed by atoms with Crippen molar-refractivity contribution in [2.75, 3.05) is 7.11 Å². The first-order chi connectivity index (χ1) is 16.7. The van der Waals surface area contributed by atoms with Crippen LogP contribution < -0.4 is 14.8 Å². The van der Waals surface area contributed by atoms with E-state index in [-0.39, 0.29) is 24.0 Å². The standard InChI is InChI=1S/C27H23F3N2O3/c1-18(20-7-4-3-5-8-20)32-26(33)21(16-31)13-19-11-12-25(34-2)22(14-19)17-35-24-10-6-9-23(15-24)27(28,29)30/h3-15,18H,17H2,1-2H3,(H,32,33)/b21-13+/t18-/m1/s1. The summed E-state index contributed by atoms with van der Waals surface area (Å²) in [4.78, 5) is 12.7. The zero-order valence-corrected chi connectivity index (χ0v) is 19.1. The maximum Gasteiger partial charge on any atom is 0.416 e. The molecule has 180 valence electrons. The van der Waals surface area contributed by atoms with Gasteiger partial charge >= 0.3 is 6.18 Å². The molecule has 8 heteroatoms. The number of nitrogens with one attached hydrogen (secondary N) is 1. The van der Waals surface area contributed by atoms with Gasteiger partial charge in [-0.1, -0.05) is 42.5 Å². The van der Waals surface area contributed by atoms with Crippen LogP contribution in [0.5, 0.6) is 11.5 Å². The molecule has 3 aromatic rings. The molecule has 1 N–H and O–H groups in total. The molecule has 0 aliphatic rings. The fourth-order valence-electron chi connectivity index (χ4n) is 3.34. The highest BCUT2D eigenvalue weighted by Gasteiger charge is 2.30. The Hall–Kier alpha value is -4.25. The highest BCUT2D eigenvalue weighted by Crippen LogP contribution is 2.32. The van der Waals surface area contributed by atoms with Crippen LogP contribution in [0.15, 0.2) is 78.4 Å². The topological polar surface area (TPSA) is 71.3 Å². The lowest BCUT2D eigenvalue weighted by atomic mass is 10.1. The van der Waals surface area contributed by atoms with Crippen LogP contribution in [-0.2, 0) is 17.6 Å². The van der Waals surface area contributed by atoms with Gasteiger partial charge in [0.1, 0.15) is 29.7 Å². The van der Waals surface area contributed by atoms with Crippen LogP contribution in [0.4, 0.5) is 13.2 Å². The van der Waals surface area contributed by atoms with E-state index in [1.807, 2.05) is 43.3 Å². The molecule has 0 saturated carbocycles. The van der Waals surface area contributed by atoms with E-state index in [9.17, 15) is 23.2 Å². The maximum absolute atomic E-state index is 13.0. The van der Waals surface area contributed by atoms with Crippen molar-refractivity contribution >= 4 is 12.0 Å². The summed E-state index contributed by atoms with van der Waals surface area (Å²) in [5.74, 6) is -0.0222. The van der Waals surface area contributed by atoms with E-state index < -0.39 is 17.6 Å². The highest BCUT2D eigenvalue weighted by molar-refractivity contribution is 6.01. The molecule has 1 amide bonds. The van der Waals surface area contributed by atoms with Gasteiger partial charge in [0.25, 0.3) is 5.91 Å². The Kier molecular flexibility index (Phi) is 8.16. The predicted octanol–water partition coefficient (Wildman–Crippen LogP) is 6.08. The average molecular weight is 480 g/mol. The predicted molar refractivity (Wildman–Crippen MR) is 125 cm³/mol. The van der Waals surface area contributed by atoms with Gasteiger partial charge in [0.15, 0.2) is 0 Å². The lowest BCUT2D eigenvalue weighted by Crippen LogP contribution is -2.27. The third-order valence-corrected chi connectivity index (χ3v) is 5.18. The molecule has 3 aromatic carbocycles. The van der Waals surface area contributed by atoms with Crippen LogP contribution in [0.2, 0.25) is 0 Å². The number of amides is 1. The van der Waals surface area contributed by atoms with Gasteiger partial charge in [-0.05, 0) is 54.5 Å². The molecule has 5 nitrogen and oxygen atoms in total. The van der Waals surface area contributed by atoms with Crippen LogP contribution in [0.25, 0.3) is 6.08 Å². The lowest BCUT2D eigenvalue weighted by Gasteiger charge is -2.14. The third kappa shape index (κ3) is 6.87. The van der Waals surface area contributed by atoms with Gasteiger partial charge in [-0.25, -0.2) is 0 Å². The van der Waals surface area contributed by atoms with Crippen molar-refractivity contribution in [1.29, 1.82) is 5.26 Å². The van der Waals surface area contributed by atoms with Crippen LogP contribution in [0.1, 0.15) is 35.2 Å². The normalized spacial score (nSPS) is 12.4. The number of nitriles is 1. The molecule has 0 heterocycles. The molecule has 3 rings (SSSR count). The average Bonchev–Trinajstić information content (AvgIpc) is 2.86. The molecule has 0 aliphatic carbocycles. The smallest absolute Gasteiger partial charge is 0.416 e. The van der Waals surface area contributed by atoms with E-state index in [1.165, 1.54) is 25.3 Å². The lowest BCUT2D eigenvalue weighted by molar-refractivity contribution is -0.137. The molecule has 0 spiro atoms. The van der Waals surface area contributed by atoms with Crippen LogP contribution in [0.3, 0.4) is 0 Å². The van der Waals surface area contributed by atoms with E-state index in [4.69, 9.17) is 9.47 Å². The second-order valence-corrected chi connectivity index (χ2v) is 7.66. The van der Waals surface area contributed by atoms with Gasteiger partial charge in [0.2, 0.25) is 0 Å². The molecule has 35 heavy (non-hydrogen) atoms. The quantitative estimate of drug-likeness (QED) is 0.313. The summed E-state index contributed by atoms with van der Waals surface area (Å²) in [6.45, 7) is 1.74. The zero-order chi connectivity index (χ0) is 25.4. The van der Waals surface area contributed by atoms with Gasteiger partial charge in [0, 0.05) is 5.56 Å². The van der Waals surface area contributed by atoms with E-state index in [0.29, 0.717) is 16.9 Å². The molecule has 0 aromatic heterocycles. The molecular formula is C27H23F3N2O3. The van der Waals surface area contributed by atoms with Crippen molar-refractivity contribution in [3.8, 4) is 17.6 Å². The number of ether oxygens (including phenoxy) is 2. The summed E-state index contributed by atoms with van der Waals surface area (Å²) in [6, 6.07) is 20.5. The van der Waals surface area contributed by atoms with Crippen molar-refractivity contribution in [3.63, 3.8) is 0 Å². The Balaban J connectivity index is 1.78. The highest BCUT2D eigenvalue weighted by atomic mass is 19.4. The van der Waals surface area contributed by atoms with Crippen molar-refractivity contribution in [2.45, 2.75) is 25.7 Å². The number of halogens is 3. The minimum absolute atomic E-state index is 0.0508. The molecule has 0 radical (unpaired) electrons. The fraction of sp³-hybridized carbons (Fsp3) is 0.185. The van der Waals surface area contributed by atoms with E-state index in [0.717, 1.165) is 17.7 Å². The van der Waals surface area contributed by atoms with Crippen molar-refractivity contribution < 1.29 is 27.4 Å². The number of rotatable bonds is 8. The Morgan fingerprint density at radius 3 is 2.49 bits per heavy atom. The summed E-state index contributed by atoms with van der Waals surface area (Å²) >= 11 is 0. The number of carbonyl (C=O) groups is 1. The van der Waals surface area contributed by atoms with Crippen molar-refractivity contribution in [2.24, 2.45) is 0 Å². The van der Waals surface area contributed by atoms with E-state index in [2.05, 4.69) is 5.32 Å². The monoisotopic (exact) mass is 480 g/mol. The Morgan fingerprint density at radius 1 is 1.09 bits per heavy atom. The summed E-state index contributed by atoms with van der Waals surface area (Å²) in [5, 5.41) is 12.3. The Bertz CT molecular complexity index is 1250. The van der Waals surface area contributed by atoms with Crippen molar-refractivity contribution in [3.05, 3.63) is 101 Å². The number of nitrogens with zero attached hydrogens (tertiary/aromatic N) is 1. The molecule has 0 fully saturated rings. The number of carbonyl (C=O) groups excluding carboxylic acids is 1. The Labute approximate surface area is 201 Å². The number of hydrogen-bond acceptors (Lipinski definition) is 4. The second kappa shape index (κ2) is 11.3. The molecule has 0 bridgehead atoms. The van der Waals surface area contributed by atoms with E-state index in [1.54, 1.807) is 18.2 Å². The molecule has 0 saturated heterocycles. The number of alkyl halides is 3. The molecule has 1 atom stereocenters. The van der Waals surface area contributed by atoms with Crippen LogP contribution >= 0.6 is 0 Å². The molecular weight excluding hydrogens is 457 g/mol. The second-order valence-electron chi connectivity index (χ2n) is 7.66. The molecule has 0 aliphatic heterocycles. The van der Waals surface area contributed by atoms with Gasteiger partial charge in [0.05, 0.1) is 18.7 Å². The van der Waals surface area contributed by atoms with Gasteiger partial charge < -0.3 is 14.8 Å². The first-order valence-corrected chi connectivity index (χ1v) is 10.7. The first-order valence-electron chi connectivity index (χ1n) is 10.7. The Morgan fingerprint density at radius 2 is 1.83 bits per heavy atom. The summed E-state index contributed by atoms with van der Waals surface area (Å²) in [7, 11) is 1.46. The minimum atomic E-state index is -4.48. The number of hydrogen-bond donors (Lipinski definition) is 1.